The van der Waals surface area contributed by atoms with Gasteiger partial charge in [0, 0.05) is 18.1 Å². The quantitative estimate of drug-likeness (QED) is 0.902. The highest BCUT2D eigenvalue weighted by Crippen LogP contribution is 2.21. The van der Waals surface area contributed by atoms with E-state index in [2.05, 4.69) is 10.2 Å². The number of halogens is 1. The lowest BCUT2D eigenvalue weighted by atomic mass is 10.2. The molecule has 1 unspecified atom stereocenters. The van der Waals surface area contributed by atoms with Crippen LogP contribution in [0, 0.1) is 0 Å². The van der Waals surface area contributed by atoms with Gasteiger partial charge in [-0.1, -0.05) is 11.6 Å². The maximum atomic E-state index is 12.3. The van der Waals surface area contributed by atoms with Gasteiger partial charge in [-0.25, -0.2) is 0 Å². The van der Waals surface area contributed by atoms with E-state index in [-0.39, 0.29) is 29.2 Å². The Morgan fingerprint density at radius 3 is 2.89 bits per heavy atom. The lowest BCUT2D eigenvalue weighted by Crippen LogP contribution is -2.47. The minimum absolute atomic E-state index is 0.0558. The number of hydrogen-bond acceptors (Lipinski definition) is 5. The van der Waals surface area contributed by atoms with Crippen LogP contribution in [0.2, 0.25) is 5.15 Å². The van der Waals surface area contributed by atoms with Gasteiger partial charge in [0.2, 0.25) is 0 Å². The second kappa shape index (κ2) is 6.21. The molecule has 0 radical (unpaired) electrons. The van der Waals surface area contributed by atoms with Crippen LogP contribution < -0.4 is 0 Å². The average molecular weight is 302 g/mol. The van der Waals surface area contributed by atoms with Crippen LogP contribution in [0.3, 0.4) is 0 Å². The van der Waals surface area contributed by atoms with E-state index in [1.165, 1.54) is 12.1 Å². The summed E-state index contributed by atoms with van der Waals surface area (Å²) in [5.41, 5.74) is 0.187. The van der Waals surface area contributed by atoms with Crippen molar-refractivity contribution >= 4 is 35.2 Å². The number of aliphatic carboxylic acids is 1. The monoisotopic (exact) mass is 301 g/mol. The highest BCUT2D eigenvalue weighted by Gasteiger charge is 2.30. The highest BCUT2D eigenvalue weighted by atomic mass is 35.5. The molecule has 1 amide bonds. The van der Waals surface area contributed by atoms with Crippen LogP contribution >= 0.6 is 23.4 Å². The molecule has 0 spiro atoms. The molecule has 8 heteroatoms. The molecule has 19 heavy (non-hydrogen) atoms. The number of thioether (sulfide) groups is 1. The summed E-state index contributed by atoms with van der Waals surface area (Å²) in [7, 11) is 0. The number of carboxylic acid groups (broad SMARTS) is 1. The minimum Gasteiger partial charge on any atom is -0.481 e. The molecule has 6 nitrogen and oxygen atoms in total. The first-order valence-corrected chi connectivity index (χ1v) is 7.21. The smallest absolute Gasteiger partial charge is 0.305 e. The molecular formula is C11H12ClN3O3S. The van der Waals surface area contributed by atoms with Crippen molar-refractivity contribution < 1.29 is 14.7 Å². The Morgan fingerprint density at radius 1 is 1.47 bits per heavy atom. The summed E-state index contributed by atoms with van der Waals surface area (Å²) in [6.07, 6.45) is -0.0558. The highest BCUT2D eigenvalue weighted by molar-refractivity contribution is 7.99. The third-order valence-corrected chi connectivity index (χ3v) is 4.04. The maximum absolute atomic E-state index is 12.3. The Balaban J connectivity index is 2.15. The summed E-state index contributed by atoms with van der Waals surface area (Å²) >= 11 is 7.27. The van der Waals surface area contributed by atoms with Gasteiger partial charge in [0.15, 0.2) is 10.8 Å². The van der Waals surface area contributed by atoms with E-state index in [9.17, 15) is 9.59 Å². The zero-order chi connectivity index (χ0) is 13.8. The summed E-state index contributed by atoms with van der Waals surface area (Å²) < 4.78 is 0. The molecule has 102 valence electrons. The Morgan fingerprint density at radius 2 is 2.26 bits per heavy atom. The van der Waals surface area contributed by atoms with Gasteiger partial charge in [0.1, 0.15) is 0 Å². The lowest BCUT2D eigenvalue weighted by Gasteiger charge is -2.34. The number of nitrogens with zero attached hydrogens (tertiary/aromatic N) is 3. The SMILES string of the molecule is O=C(O)CC1CSCCN1C(=O)c1ccc(Cl)nn1. The Bertz CT molecular complexity index is 483. The molecule has 1 atom stereocenters. The van der Waals surface area contributed by atoms with Gasteiger partial charge < -0.3 is 10.0 Å². The van der Waals surface area contributed by atoms with Crippen molar-refractivity contribution in [3.05, 3.63) is 23.0 Å². The van der Waals surface area contributed by atoms with Crippen LogP contribution in [0.15, 0.2) is 12.1 Å². The van der Waals surface area contributed by atoms with E-state index in [0.29, 0.717) is 12.3 Å². The van der Waals surface area contributed by atoms with Crippen molar-refractivity contribution in [2.24, 2.45) is 0 Å². The molecule has 0 aromatic carbocycles. The number of carbonyl (C=O) groups excluding carboxylic acids is 1. The fourth-order valence-electron chi connectivity index (χ4n) is 1.87. The van der Waals surface area contributed by atoms with E-state index in [1.54, 1.807) is 16.7 Å². The molecule has 0 saturated carbocycles. The van der Waals surface area contributed by atoms with Crippen LogP contribution in [-0.2, 0) is 4.79 Å². The minimum atomic E-state index is -0.910. The van der Waals surface area contributed by atoms with Gasteiger partial charge in [0.25, 0.3) is 5.91 Å². The fraction of sp³-hybridized carbons (Fsp3) is 0.455. The number of aromatic nitrogens is 2. The number of hydrogen-bond donors (Lipinski definition) is 1. The molecular weight excluding hydrogens is 290 g/mol. The molecule has 2 heterocycles. The predicted molar refractivity (Wildman–Crippen MR) is 71.4 cm³/mol. The van der Waals surface area contributed by atoms with E-state index in [1.807, 2.05) is 0 Å². The maximum Gasteiger partial charge on any atom is 0.305 e. The number of rotatable bonds is 3. The number of carbonyl (C=O) groups is 2. The topological polar surface area (TPSA) is 83.4 Å². The molecule has 1 fully saturated rings. The van der Waals surface area contributed by atoms with Crippen LogP contribution in [0.25, 0.3) is 0 Å². The van der Waals surface area contributed by atoms with E-state index in [0.717, 1.165) is 5.75 Å². The summed E-state index contributed by atoms with van der Waals surface area (Å²) in [5.74, 6) is 0.213. The van der Waals surface area contributed by atoms with Crippen molar-refractivity contribution in [2.75, 3.05) is 18.1 Å². The van der Waals surface area contributed by atoms with E-state index < -0.39 is 5.97 Å². The second-order valence-electron chi connectivity index (χ2n) is 4.07. The molecule has 1 aromatic rings. The largest absolute Gasteiger partial charge is 0.481 e. The fourth-order valence-corrected chi connectivity index (χ4v) is 3.03. The Hall–Kier alpha value is -1.34. The summed E-state index contributed by atoms with van der Waals surface area (Å²) in [6, 6.07) is 2.69. The van der Waals surface area contributed by atoms with Gasteiger partial charge in [-0.3, -0.25) is 9.59 Å². The summed E-state index contributed by atoms with van der Waals surface area (Å²) in [5, 5.41) is 16.5. The zero-order valence-corrected chi connectivity index (χ0v) is 11.5. The zero-order valence-electron chi connectivity index (χ0n) is 9.95. The molecule has 0 bridgehead atoms. The van der Waals surface area contributed by atoms with Crippen LogP contribution in [0.1, 0.15) is 16.9 Å². The van der Waals surface area contributed by atoms with E-state index in [4.69, 9.17) is 16.7 Å². The van der Waals surface area contributed by atoms with Gasteiger partial charge in [0.05, 0.1) is 12.5 Å². The Kier molecular flexibility index (Phi) is 4.60. The third kappa shape index (κ3) is 3.57. The third-order valence-electron chi connectivity index (χ3n) is 2.75. The van der Waals surface area contributed by atoms with Crippen LogP contribution in [0.4, 0.5) is 0 Å². The first-order chi connectivity index (χ1) is 9.08. The van der Waals surface area contributed by atoms with Crippen molar-refractivity contribution in [3.8, 4) is 0 Å². The molecule has 1 N–H and O–H groups in total. The molecule has 1 aliphatic heterocycles. The number of amides is 1. The van der Waals surface area contributed by atoms with Crippen molar-refractivity contribution in [3.63, 3.8) is 0 Å². The normalized spacial score (nSPS) is 19.2. The molecule has 0 aliphatic carbocycles. The number of carboxylic acids is 1. The van der Waals surface area contributed by atoms with Crippen molar-refractivity contribution in [1.29, 1.82) is 0 Å². The van der Waals surface area contributed by atoms with Gasteiger partial charge in [-0.2, -0.15) is 11.8 Å². The molecule has 1 aliphatic rings. The average Bonchev–Trinajstić information content (AvgIpc) is 2.39. The first kappa shape index (κ1) is 14.1. The molecule has 1 saturated heterocycles. The molecule has 1 aromatic heterocycles. The molecule has 2 rings (SSSR count). The van der Waals surface area contributed by atoms with Crippen LogP contribution in [0.5, 0.6) is 0 Å². The van der Waals surface area contributed by atoms with Gasteiger partial charge in [-0.05, 0) is 12.1 Å². The Labute approximate surface area is 119 Å². The standard InChI is InChI=1S/C11H12ClN3O3S/c12-9-2-1-8(13-14-9)11(18)15-3-4-19-6-7(15)5-10(16)17/h1-2,7H,3-6H2,(H,16,17). The van der Waals surface area contributed by atoms with Gasteiger partial charge >= 0.3 is 5.97 Å². The lowest BCUT2D eigenvalue weighted by molar-refractivity contribution is -0.138. The van der Waals surface area contributed by atoms with E-state index >= 15 is 0 Å². The van der Waals surface area contributed by atoms with Crippen molar-refractivity contribution in [2.45, 2.75) is 12.5 Å². The van der Waals surface area contributed by atoms with Gasteiger partial charge in [-0.15, -0.1) is 10.2 Å². The summed E-state index contributed by atoms with van der Waals surface area (Å²) in [4.78, 5) is 24.7. The van der Waals surface area contributed by atoms with Crippen LogP contribution in [-0.4, -0.2) is 56.2 Å². The first-order valence-electron chi connectivity index (χ1n) is 5.67. The predicted octanol–water partition coefficient (Wildman–Crippen LogP) is 1.16. The van der Waals surface area contributed by atoms with Crippen molar-refractivity contribution in [1.82, 2.24) is 15.1 Å². The summed E-state index contributed by atoms with van der Waals surface area (Å²) in [6.45, 7) is 0.520. The second-order valence-corrected chi connectivity index (χ2v) is 5.60.